The van der Waals surface area contributed by atoms with Gasteiger partial charge in [-0.2, -0.15) is 0 Å². The zero-order valence-electron chi connectivity index (χ0n) is 11.8. The van der Waals surface area contributed by atoms with Gasteiger partial charge in [-0.25, -0.2) is 13.6 Å². The van der Waals surface area contributed by atoms with Crippen LogP contribution in [0.25, 0.3) is 0 Å². The SMILES string of the molecule is CCc1cc(NC(=O)NCCC2CC2(F)F)ccc1C. The Labute approximate surface area is 117 Å². The first-order valence-corrected chi connectivity index (χ1v) is 6.94. The number of benzene rings is 1. The van der Waals surface area contributed by atoms with Gasteiger partial charge in [0.15, 0.2) is 0 Å². The molecular weight excluding hydrogens is 262 g/mol. The molecule has 1 fully saturated rings. The summed E-state index contributed by atoms with van der Waals surface area (Å²) in [6.45, 7) is 4.36. The number of nitrogens with one attached hydrogen (secondary N) is 2. The van der Waals surface area contributed by atoms with E-state index in [1.807, 2.05) is 25.1 Å². The zero-order valence-corrected chi connectivity index (χ0v) is 11.8. The highest BCUT2D eigenvalue weighted by Gasteiger charge is 2.55. The van der Waals surface area contributed by atoms with Crippen LogP contribution >= 0.6 is 0 Å². The maximum atomic E-state index is 12.7. The summed E-state index contributed by atoms with van der Waals surface area (Å²) in [6.07, 6.45) is 1.18. The van der Waals surface area contributed by atoms with E-state index < -0.39 is 11.8 Å². The quantitative estimate of drug-likeness (QED) is 0.849. The summed E-state index contributed by atoms with van der Waals surface area (Å²) < 4.78 is 25.3. The van der Waals surface area contributed by atoms with Crippen molar-refractivity contribution >= 4 is 11.7 Å². The summed E-state index contributed by atoms with van der Waals surface area (Å²) in [5, 5.41) is 5.33. The molecule has 2 rings (SSSR count). The van der Waals surface area contributed by atoms with E-state index in [2.05, 4.69) is 17.6 Å². The highest BCUT2D eigenvalue weighted by molar-refractivity contribution is 5.89. The molecule has 1 atom stereocenters. The second-order valence-electron chi connectivity index (χ2n) is 5.33. The fourth-order valence-electron chi connectivity index (χ4n) is 2.25. The first kappa shape index (κ1) is 14.8. The van der Waals surface area contributed by atoms with Gasteiger partial charge in [-0.1, -0.05) is 13.0 Å². The van der Waals surface area contributed by atoms with Crippen LogP contribution in [0.1, 0.15) is 30.9 Å². The Morgan fingerprint density at radius 2 is 2.15 bits per heavy atom. The van der Waals surface area contributed by atoms with Gasteiger partial charge in [0.05, 0.1) is 0 Å². The summed E-state index contributed by atoms with van der Waals surface area (Å²) in [5.74, 6) is -3.07. The minimum absolute atomic E-state index is 0.0475. The number of carbonyl (C=O) groups excluding carboxylic acids is 1. The maximum Gasteiger partial charge on any atom is 0.319 e. The van der Waals surface area contributed by atoms with Gasteiger partial charge in [0.25, 0.3) is 5.92 Å². The molecule has 1 aliphatic rings. The average Bonchev–Trinajstić information content (AvgIpc) is 2.99. The Bertz CT molecular complexity index is 503. The summed E-state index contributed by atoms with van der Waals surface area (Å²) in [4.78, 5) is 11.7. The number of alkyl halides is 2. The van der Waals surface area contributed by atoms with E-state index in [-0.39, 0.29) is 19.0 Å². The smallest absolute Gasteiger partial charge is 0.319 e. The highest BCUT2D eigenvalue weighted by atomic mass is 19.3. The third kappa shape index (κ3) is 3.68. The van der Waals surface area contributed by atoms with Gasteiger partial charge in [-0.15, -0.1) is 0 Å². The molecule has 2 amide bonds. The van der Waals surface area contributed by atoms with Crippen LogP contribution in [0.15, 0.2) is 18.2 Å². The van der Waals surface area contributed by atoms with Gasteiger partial charge in [-0.3, -0.25) is 0 Å². The number of aryl methyl sites for hydroxylation is 2. The standard InChI is InChI=1S/C15H20F2N2O/c1-3-11-8-13(5-4-10(11)2)19-14(20)18-7-6-12-9-15(12,16)17/h4-5,8,12H,3,6-7,9H2,1-2H3,(H2,18,19,20). The third-order valence-electron chi connectivity index (χ3n) is 3.72. The molecule has 0 spiro atoms. The molecule has 0 bridgehead atoms. The molecule has 0 radical (unpaired) electrons. The van der Waals surface area contributed by atoms with Gasteiger partial charge in [0.2, 0.25) is 0 Å². The molecule has 1 unspecified atom stereocenters. The topological polar surface area (TPSA) is 41.1 Å². The molecule has 2 N–H and O–H groups in total. The normalized spacial score (nSPS) is 19.5. The number of anilines is 1. The van der Waals surface area contributed by atoms with Crippen LogP contribution in [-0.2, 0) is 6.42 Å². The van der Waals surface area contributed by atoms with Crippen LogP contribution in [0, 0.1) is 12.8 Å². The van der Waals surface area contributed by atoms with Crippen molar-refractivity contribution in [3.63, 3.8) is 0 Å². The van der Waals surface area contributed by atoms with E-state index in [0.29, 0.717) is 6.42 Å². The molecule has 0 heterocycles. The lowest BCUT2D eigenvalue weighted by molar-refractivity contribution is 0.0971. The summed E-state index contributed by atoms with van der Waals surface area (Å²) in [7, 11) is 0. The number of hydrogen-bond donors (Lipinski definition) is 2. The van der Waals surface area contributed by atoms with Crippen molar-refractivity contribution in [2.45, 2.75) is 39.0 Å². The van der Waals surface area contributed by atoms with Gasteiger partial charge in [-0.05, 0) is 43.0 Å². The maximum absolute atomic E-state index is 12.7. The van der Waals surface area contributed by atoms with Gasteiger partial charge >= 0.3 is 6.03 Å². The van der Waals surface area contributed by atoms with Crippen molar-refractivity contribution in [2.75, 3.05) is 11.9 Å². The van der Waals surface area contributed by atoms with E-state index in [4.69, 9.17) is 0 Å². The number of hydrogen-bond acceptors (Lipinski definition) is 1. The number of rotatable bonds is 5. The van der Waals surface area contributed by atoms with Gasteiger partial charge < -0.3 is 10.6 Å². The third-order valence-corrected chi connectivity index (χ3v) is 3.72. The number of amides is 2. The van der Waals surface area contributed by atoms with E-state index in [9.17, 15) is 13.6 Å². The second kappa shape index (κ2) is 5.77. The Balaban J connectivity index is 1.76. The van der Waals surface area contributed by atoms with Crippen LogP contribution in [0.2, 0.25) is 0 Å². The van der Waals surface area contributed by atoms with Crippen molar-refractivity contribution in [1.82, 2.24) is 5.32 Å². The number of urea groups is 1. The molecule has 5 heteroatoms. The monoisotopic (exact) mass is 282 g/mol. The largest absolute Gasteiger partial charge is 0.338 e. The highest BCUT2D eigenvalue weighted by Crippen LogP contribution is 2.50. The fraction of sp³-hybridized carbons (Fsp3) is 0.533. The Hall–Kier alpha value is -1.65. The molecule has 110 valence electrons. The Morgan fingerprint density at radius 1 is 1.45 bits per heavy atom. The molecular formula is C15H20F2N2O. The minimum atomic E-state index is -2.51. The van der Waals surface area contributed by atoms with E-state index in [1.54, 1.807) is 0 Å². The summed E-state index contributed by atoms with van der Waals surface area (Å²) in [6, 6.07) is 5.38. The van der Waals surface area contributed by atoms with Crippen molar-refractivity contribution in [1.29, 1.82) is 0 Å². The van der Waals surface area contributed by atoms with Crippen LogP contribution in [-0.4, -0.2) is 18.5 Å². The molecule has 3 nitrogen and oxygen atoms in total. The minimum Gasteiger partial charge on any atom is -0.338 e. The molecule has 0 saturated heterocycles. The molecule has 1 aromatic rings. The van der Waals surface area contributed by atoms with E-state index >= 15 is 0 Å². The second-order valence-corrected chi connectivity index (χ2v) is 5.33. The predicted molar refractivity (Wildman–Crippen MR) is 75.2 cm³/mol. The Kier molecular flexibility index (Phi) is 4.26. The van der Waals surface area contributed by atoms with E-state index in [0.717, 1.165) is 12.1 Å². The summed E-state index contributed by atoms with van der Waals surface area (Å²) in [5.41, 5.74) is 3.09. The van der Waals surface area contributed by atoms with Crippen molar-refractivity contribution < 1.29 is 13.6 Å². The van der Waals surface area contributed by atoms with E-state index in [1.165, 1.54) is 11.1 Å². The van der Waals surface area contributed by atoms with Crippen molar-refractivity contribution in [3.05, 3.63) is 29.3 Å². The number of halogens is 2. The lowest BCUT2D eigenvalue weighted by Crippen LogP contribution is -2.30. The van der Waals surface area contributed by atoms with Crippen molar-refractivity contribution in [3.8, 4) is 0 Å². The fourth-order valence-corrected chi connectivity index (χ4v) is 2.25. The van der Waals surface area contributed by atoms with Gasteiger partial charge in [0.1, 0.15) is 0 Å². The number of carbonyl (C=O) groups is 1. The predicted octanol–water partition coefficient (Wildman–Crippen LogP) is 3.72. The molecule has 0 aliphatic heterocycles. The molecule has 20 heavy (non-hydrogen) atoms. The lowest BCUT2D eigenvalue weighted by atomic mass is 10.1. The average molecular weight is 282 g/mol. The Morgan fingerprint density at radius 3 is 2.75 bits per heavy atom. The molecule has 0 aromatic heterocycles. The zero-order chi connectivity index (χ0) is 14.8. The molecule has 1 saturated carbocycles. The molecule has 1 aromatic carbocycles. The first-order chi connectivity index (χ1) is 9.42. The summed E-state index contributed by atoms with van der Waals surface area (Å²) >= 11 is 0. The van der Waals surface area contributed by atoms with Crippen LogP contribution in [0.4, 0.5) is 19.3 Å². The van der Waals surface area contributed by atoms with Gasteiger partial charge in [0, 0.05) is 24.6 Å². The lowest BCUT2D eigenvalue weighted by Gasteiger charge is -2.10. The first-order valence-electron chi connectivity index (χ1n) is 6.94. The van der Waals surface area contributed by atoms with Crippen LogP contribution < -0.4 is 10.6 Å². The van der Waals surface area contributed by atoms with Crippen molar-refractivity contribution in [2.24, 2.45) is 5.92 Å². The molecule has 1 aliphatic carbocycles. The van der Waals surface area contributed by atoms with Crippen LogP contribution in [0.5, 0.6) is 0 Å². The van der Waals surface area contributed by atoms with Crippen LogP contribution in [0.3, 0.4) is 0 Å².